The van der Waals surface area contributed by atoms with Crippen LogP contribution in [0.1, 0.15) is 16.9 Å². The molecule has 0 fully saturated rings. The van der Waals surface area contributed by atoms with Gasteiger partial charge in [-0.3, -0.25) is 14.9 Å². The molecule has 0 atom stereocenters. The first kappa shape index (κ1) is 17.7. The van der Waals surface area contributed by atoms with E-state index in [2.05, 4.69) is 20.4 Å². The van der Waals surface area contributed by atoms with Gasteiger partial charge in [0.15, 0.2) is 11.6 Å². The summed E-state index contributed by atoms with van der Waals surface area (Å²) in [5.74, 6) is -2.67. The molecule has 3 aromatic rings. The Balaban J connectivity index is 1.79. The van der Waals surface area contributed by atoms with Crippen molar-refractivity contribution in [1.29, 1.82) is 0 Å². The number of aromatic nitrogens is 4. The molecule has 0 unspecified atom stereocenters. The van der Waals surface area contributed by atoms with Gasteiger partial charge in [-0.2, -0.15) is 5.10 Å². The van der Waals surface area contributed by atoms with Gasteiger partial charge in [-0.25, -0.2) is 18.4 Å². The van der Waals surface area contributed by atoms with E-state index in [-0.39, 0.29) is 28.2 Å². The Morgan fingerprint density at radius 1 is 1.31 bits per heavy atom. The topological polar surface area (TPSA) is 102 Å². The van der Waals surface area contributed by atoms with Crippen LogP contribution in [0.2, 0.25) is 0 Å². The van der Waals surface area contributed by atoms with E-state index >= 15 is 0 Å². The molecule has 8 nitrogen and oxygen atoms in total. The Morgan fingerprint density at radius 2 is 2.08 bits per heavy atom. The number of fused-ring (bicyclic) bond motifs is 1. The van der Waals surface area contributed by atoms with Crippen LogP contribution in [0.15, 0.2) is 29.1 Å². The highest BCUT2D eigenvalue weighted by Crippen LogP contribution is 2.18. The minimum Gasteiger partial charge on any atom is -0.385 e. The molecule has 1 aromatic carbocycles. The summed E-state index contributed by atoms with van der Waals surface area (Å²) < 4.78 is 32.5. The van der Waals surface area contributed by atoms with Crippen LogP contribution in [0.25, 0.3) is 11.0 Å². The average Bonchev–Trinajstić information content (AvgIpc) is 2.98. The van der Waals surface area contributed by atoms with Crippen LogP contribution in [-0.4, -0.2) is 39.4 Å². The molecule has 0 saturated carbocycles. The fraction of sp³-hybridized carbons (Fsp3) is 0.250. The predicted octanol–water partition coefficient (Wildman–Crippen LogP) is 1.69. The summed E-state index contributed by atoms with van der Waals surface area (Å²) in [7, 11) is 1.55. The largest absolute Gasteiger partial charge is 0.385 e. The van der Waals surface area contributed by atoms with Crippen LogP contribution in [-0.2, 0) is 11.3 Å². The molecule has 0 saturated heterocycles. The molecule has 136 valence electrons. The number of hydrogen-bond acceptors (Lipinski definition) is 5. The lowest BCUT2D eigenvalue weighted by Gasteiger charge is -2.06. The van der Waals surface area contributed by atoms with Gasteiger partial charge in [-0.15, -0.1) is 0 Å². The number of benzene rings is 1. The summed E-state index contributed by atoms with van der Waals surface area (Å²) in [6.45, 7) is 0.758. The van der Waals surface area contributed by atoms with Gasteiger partial charge >= 0.3 is 0 Å². The Morgan fingerprint density at radius 3 is 2.85 bits per heavy atom. The van der Waals surface area contributed by atoms with Gasteiger partial charge < -0.3 is 9.72 Å². The molecule has 3 rings (SSSR count). The standard InChI is InChI=1S/C16H15F2N5O3/c1-26-6-2-5-23-14(24)4-3-11(22-23)15(25)21-16-19-12-7-9(17)10(18)8-13(12)20-16/h3-4,7-8H,2,5-6H2,1H3,(H2,19,20,21,25). The molecule has 2 heterocycles. The van der Waals surface area contributed by atoms with E-state index in [9.17, 15) is 18.4 Å². The normalized spacial score (nSPS) is 11.0. The lowest BCUT2D eigenvalue weighted by molar-refractivity contribution is 0.101. The predicted molar refractivity (Wildman–Crippen MR) is 89.0 cm³/mol. The molecule has 0 aliphatic carbocycles. The van der Waals surface area contributed by atoms with Crippen LogP contribution in [0.4, 0.5) is 14.7 Å². The van der Waals surface area contributed by atoms with Gasteiger partial charge in [0.2, 0.25) is 5.95 Å². The maximum atomic E-state index is 13.2. The second-order valence-electron chi connectivity index (χ2n) is 5.45. The zero-order chi connectivity index (χ0) is 18.7. The van der Waals surface area contributed by atoms with Gasteiger partial charge in [0.1, 0.15) is 5.69 Å². The number of ether oxygens (including phenoxy) is 1. The van der Waals surface area contributed by atoms with E-state index in [1.54, 1.807) is 7.11 Å². The van der Waals surface area contributed by atoms with Gasteiger partial charge in [0.05, 0.1) is 11.0 Å². The lowest BCUT2D eigenvalue weighted by atomic mass is 10.3. The van der Waals surface area contributed by atoms with E-state index in [0.717, 1.165) is 16.8 Å². The molecule has 0 bridgehead atoms. The van der Waals surface area contributed by atoms with Crippen molar-refractivity contribution in [3.8, 4) is 0 Å². The third kappa shape index (κ3) is 3.75. The van der Waals surface area contributed by atoms with Crippen LogP contribution in [0.5, 0.6) is 0 Å². The van der Waals surface area contributed by atoms with E-state index in [0.29, 0.717) is 19.6 Å². The number of nitrogens with zero attached hydrogens (tertiary/aromatic N) is 3. The third-order valence-electron chi connectivity index (χ3n) is 3.57. The Bertz CT molecular complexity index is 976. The molecule has 0 aliphatic heterocycles. The first-order valence-corrected chi connectivity index (χ1v) is 7.71. The van der Waals surface area contributed by atoms with Crippen molar-refractivity contribution in [1.82, 2.24) is 19.7 Å². The summed E-state index contributed by atoms with van der Waals surface area (Å²) in [6, 6.07) is 4.39. The molecule has 0 radical (unpaired) electrons. The quantitative estimate of drug-likeness (QED) is 0.649. The summed E-state index contributed by atoms with van der Waals surface area (Å²) in [4.78, 5) is 30.7. The van der Waals surface area contributed by atoms with Crippen molar-refractivity contribution in [2.45, 2.75) is 13.0 Å². The fourth-order valence-electron chi connectivity index (χ4n) is 2.32. The maximum absolute atomic E-state index is 13.2. The number of halogens is 2. The van der Waals surface area contributed by atoms with Crippen molar-refractivity contribution < 1.29 is 18.3 Å². The summed E-state index contributed by atoms with van der Waals surface area (Å²) in [5.41, 5.74) is 0.0561. The molecular formula is C16H15F2N5O3. The Hall–Kier alpha value is -3.14. The van der Waals surface area contributed by atoms with E-state index in [4.69, 9.17) is 4.74 Å². The van der Waals surface area contributed by atoms with Gasteiger partial charge in [0, 0.05) is 38.5 Å². The van der Waals surface area contributed by atoms with Gasteiger partial charge in [0.25, 0.3) is 11.5 Å². The average molecular weight is 363 g/mol. The molecule has 0 spiro atoms. The van der Waals surface area contributed by atoms with Crippen LogP contribution >= 0.6 is 0 Å². The monoisotopic (exact) mass is 363 g/mol. The lowest BCUT2D eigenvalue weighted by Crippen LogP contribution is -2.26. The number of nitrogens with one attached hydrogen (secondary N) is 2. The number of aromatic amines is 1. The maximum Gasteiger partial charge on any atom is 0.278 e. The summed E-state index contributed by atoms with van der Waals surface area (Å²) >= 11 is 0. The van der Waals surface area contributed by atoms with E-state index in [1.807, 2.05) is 0 Å². The number of carbonyl (C=O) groups is 1. The minimum atomic E-state index is -1.04. The number of methoxy groups -OCH3 is 1. The minimum absolute atomic E-state index is 0.000154. The number of hydrogen-bond donors (Lipinski definition) is 2. The molecule has 0 aliphatic rings. The van der Waals surface area contributed by atoms with Crippen LogP contribution < -0.4 is 10.9 Å². The van der Waals surface area contributed by atoms with Crippen LogP contribution in [0.3, 0.4) is 0 Å². The number of rotatable bonds is 6. The number of aryl methyl sites for hydroxylation is 1. The summed E-state index contributed by atoms with van der Waals surface area (Å²) in [5, 5.41) is 6.44. The highest BCUT2D eigenvalue weighted by molar-refractivity contribution is 6.02. The molecular weight excluding hydrogens is 348 g/mol. The molecule has 2 N–H and O–H groups in total. The fourth-order valence-corrected chi connectivity index (χ4v) is 2.32. The number of carbonyl (C=O) groups excluding carboxylic acids is 1. The van der Waals surface area contributed by atoms with Crippen molar-refractivity contribution in [2.24, 2.45) is 0 Å². The first-order chi connectivity index (χ1) is 12.5. The second-order valence-corrected chi connectivity index (χ2v) is 5.45. The van der Waals surface area contributed by atoms with Gasteiger partial charge in [-0.05, 0) is 12.5 Å². The third-order valence-corrected chi connectivity index (χ3v) is 3.57. The van der Waals surface area contributed by atoms with Crippen molar-refractivity contribution >= 4 is 22.9 Å². The highest BCUT2D eigenvalue weighted by atomic mass is 19.2. The van der Waals surface area contributed by atoms with Crippen molar-refractivity contribution in [3.05, 3.63) is 51.9 Å². The first-order valence-electron chi connectivity index (χ1n) is 7.71. The SMILES string of the molecule is COCCCn1nc(C(=O)Nc2nc3cc(F)c(F)cc3[nH]2)ccc1=O. The number of H-pyrrole nitrogens is 1. The molecule has 1 amide bonds. The molecule has 10 heteroatoms. The summed E-state index contributed by atoms with van der Waals surface area (Å²) in [6.07, 6.45) is 0.565. The van der Waals surface area contributed by atoms with Crippen LogP contribution in [0, 0.1) is 11.6 Å². The Kier molecular flexibility index (Phi) is 5.03. The van der Waals surface area contributed by atoms with Gasteiger partial charge in [-0.1, -0.05) is 0 Å². The molecule has 26 heavy (non-hydrogen) atoms. The molecule has 2 aromatic heterocycles. The van der Waals surface area contributed by atoms with Crippen molar-refractivity contribution in [3.63, 3.8) is 0 Å². The zero-order valence-corrected chi connectivity index (χ0v) is 13.8. The second kappa shape index (κ2) is 7.40. The van der Waals surface area contributed by atoms with E-state index in [1.165, 1.54) is 12.1 Å². The zero-order valence-electron chi connectivity index (χ0n) is 13.8. The smallest absolute Gasteiger partial charge is 0.278 e. The Labute approximate surface area is 145 Å². The highest BCUT2D eigenvalue weighted by Gasteiger charge is 2.14. The number of imidazole rings is 1. The van der Waals surface area contributed by atoms with E-state index < -0.39 is 17.5 Å². The van der Waals surface area contributed by atoms with Crippen molar-refractivity contribution in [2.75, 3.05) is 19.0 Å². The number of amides is 1. The number of anilines is 1.